The average molecular weight is 262 g/mol. The fraction of sp³-hybridized carbons (Fsp3) is 0.538. The number of esters is 1. The van der Waals surface area contributed by atoms with E-state index in [1.807, 2.05) is 32.9 Å². The molecular weight excluding hydrogens is 244 g/mol. The van der Waals surface area contributed by atoms with Crippen LogP contribution in [0.3, 0.4) is 0 Å². The molecule has 0 amide bonds. The summed E-state index contributed by atoms with van der Waals surface area (Å²) in [6, 6.07) is 3.70. The van der Waals surface area contributed by atoms with E-state index in [9.17, 15) is 4.79 Å². The van der Waals surface area contributed by atoms with Gasteiger partial charge in [-0.1, -0.05) is 13.8 Å². The second-order valence-electron chi connectivity index (χ2n) is 4.78. The molecule has 0 saturated heterocycles. The molecule has 0 bridgehead atoms. The van der Waals surface area contributed by atoms with Crippen molar-refractivity contribution >= 4 is 11.6 Å². The molecule has 2 aromatic rings. The van der Waals surface area contributed by atoms with Crippen LogP contribution in [0.2, 0.25) is 0 Å². The molecule has 6 heteroatoms. The zero-order valence-corrected chi connectivity index (χ0v) is 11.6. The highest BCUT2D eigenvalue weighted by atomic mass is 16.5. The van der Waals surface area contributed by atoms with E-state index in [2.05, 4.69) is 15.3 Å². The molecule has 0 spiro atoms. The number of hydrogen-bond donors (Lipinski definition) is 0. The molecule has 0 aromatic carbocycles. The van der Waals surface area contributed by atoms with E-state index in [1.54, 1.807) is 11.4 Å². The van der Waals surface area contributed by atoms with Crippen LogP contribution < -0.4 is 0 Å². The van der Waals surface area contributed by atoms with Crippen LogP contribution >= 0.6 is 0 Å². The Morgan fingerprint density at radius 1 is 1.37 bits per heavy atom. The number of carbonyl (C=O) groups is 1. The fourth-order valence-electron chi connectivity index (χ4n) is 2.00. The molecule has 2 aromatic heterocycles. The van der Waals surface area contributed by atoms with Gasteiger partial charge in [0, 0.05) is 0 Å². The first-order chi connectivity index (χ1) is 9.04. The van der Waals surface area contributed by atoms with E-state index in [0.29, 0.717) is 18.1 Å². The van der Waals surface area contributed by atoms with Gasteiger partial charge in [-0.25, -0.2) is 0 Å². The van der Waals surface area contributed by atoms with Crippen molar-refractivity contribution in [3.05, 3.63) is 23.7 Å². The van der Waals surface area contributed by atoms with E-state index in [4.69, 9.17) is 4.74 Å². The molecule has 6 nitrogen and oxygen atoms in total. The lowest BCUT2D eigenvalue weighted by atomic mass is 9.95. The lowest BCUT2D eigenvalue weighted by Crippen LogP contribution is -2.23. The smallest absolute Gasteiger partial charge is 0.317 e. The van der Waals surface area contributed by atoms with Gasteiger partial charge in [0.15, 0.2) is 11.5 Å². The molecule has 2 heterocycles. The summed E-state index contributed by atoms with van der Waals surface area (Å²) in [7, 11) is 0. The number of aromatic nitrogens is 4. The van der Waals surface area contributed by atoms with Crippen molar-refractivity contribution in [3.63, 3.8) is 0 Å². The first-order valence-corrected chi connectivity index (χ1v) is 6.40. The van der Waals surface area contributed by atoms with Crippen molar-refractivity contribution in [3.8, 4) is 0 Å². The largest absolute Gasteiger partial charge is 0.465 e. The van der Waals surface area contributed by atoms with Gasteiger partial charge in [-0.3, -0.25) is 4.79 Å². The van der Waals surface area contributed by atoms with Gasteiger partial charge >= 0.3 is 5.97 Å². The van der Waals surface area contributed by atoms with Crippen molar-refractivity contribution in [1.29, 1.82) is 0 Å². The maximum Gasteiger partial charge on any atom is 0.317 e. The number of ether oxygens (including phenoxy) is 1. The maximum absolute atomic E-state index is 12.1. The predicted molar refractivity (Wildman–Crippen MR) is 69.7 cm³/mol. The van der Waals surface area contributed by atoms with Gasteiger partial charge in [0.1, 0.15) is 5.92 Å². The minimum Gasteiger partial charge on any atom is -0.465 e. The topological polar surface area (TPSA) is 69.4 Å². The number of hydrogen-bond acceptors (Lipinski definition) is 5. The van der Waals surface area contributed by atoms with Crippen molar-refractivity contribution in [1.82, 2.24) is 19.8 Å². The fourth-order valence-corrected chi connectivity index (χ4v) is 2.00. The van der Waals surface area contributed by atoms with Crippen LogP contribution in [0.1, 0.15) is 38.2 Å². The molecule has 102 valence electrons. The number of carbonyl (C=O) groups excluding carboxylic acids is 1. The maximum atomic E-state index is 12.1. The van der Waals surface area contributed by atoms with Gasteiger partial charge in [-0.05, 0) is 31.9 Å². The highest BCUT2D eigenvalue weighted by Gasteiger charge is 2.30. The molecule has 0 aliphatic carbocycles. The lowest BCUT2D eigenvalue weighted by Gasteiger charge is -2.16. The van der Waals surface area contributed by atoms with Gasteiger partial charge in [0.05, 0.1) is 12.3 Å². The second-order valence-corrected chi connectivity index (χ2v) is 4.78. The van der Waals surface area contributed by atoms with Crippen molar-refractivity contribution < 1.29 is 9.53 Å². The Balaban J connectivity index is 2.50. The second kappa shape index (κ2) is 5.34. The Morgan fingerprint density at radius 2 is 2.11 bits per heavy atom. The summed E-state index contributed by atoms with van der Waals surface area (Å²) < 4.78 is 6.74. The van der Waals surface area contributed by atoms with Crippen LogP contribution in [0.15, 0.2) is 12.1 Å². The molecule has 19 heavy (non-hydrogen) atoms. The summed E-state index contributed by atoms with van der Waals surface area (Å²) in [5.74, 6) is -0.139. The molecule has 0 fully saturated rings. The third-order valence-corrected chi connectivity index (χ3v) is 2.91. The van der Waals surface area contributed by atoms with Gasteiger partial charge in [-0.2, -0.15) is 9.61 Å². The van der Waals surface area contributed by atoms with E-state index >= 15 is 0 Å². The van der Waals surface area contributed by atoms with Crippen LogP contribution in [-0.4, -0.2) is 32.4 Å². The molecule has 0 radical (unpaired) electrons. The van der Waals surface area contributed by atoms with E-state index in [1.165, 1.54) is 0 Å². The SMILES string of the molecule is CCOC(=O)C(c1nnc2ccc(C)nn12)C(C)C. The van der Waals surface area contributed by atoms with Crippen molar-refractivity contribution in [2.75, 3.05) is 6.61 Å². The zero-order chi connectivity index (χ0) is 14.0. The van der Waals surface area contributed by atoms with Crippen LogP contribution in [0.25, 0.3) is 5.65 Å². The van der Waals surface area contributed by atoms with E-state index in [-0.39, 0.29) is 11.9 Å². The number of nitrogens with zero attached hydrogens (tertiary/aromatic N) is 4. The molecular formula is C13H18N4O2. The van der Waals surface area contributed by atoms with Crippen LogP contribution in [0, 0.1) is 12.8 Å². The van der Waals surface area contributed by atoms with Crippen LogP contribution in [0.4, 0.5) is 0 Å². The highest BCUT2D eigenvalue weighted by Crippen LogP contribution is 2.24. The summed E-state index contributed by atoms with van der Waals surface area (Å²) in [6.45, 7) is 7.94. The summed E-state index contributed by atoms with van der Waals surface area (Å²) >= 11 is 0. The molecule has 0 saturated carbocycles. The third-order valence-electron chi connectivity index (χ3n) is 2.91. The molecule has 0 N–H and O–H groups in total. The normalized spacial score (nSPS) is 12.9. The Morgan fingerprint density at radius 3 is 2.74 bits per heavy atom. The Labute approximate surface area is 111 Å². The number of aryl methyl sites for hydroxylation is 1. The molecule has 1 atom stereocenters. The summed E-state index contributed by atoms with van der Waals surface area (Å²) in [5, 5.41) is 12.5. The third kappa shape index (κ3) is 2.57. The Hall–Kier alpha value is -1.98. The molecule has 1 unspecified atom stereocenters. The van der Waals surface area contributed by atoms with E-state index in [0.717, 1.165) is 5.69 Å². The summed E-state index contributed by atoms with van der Waals surface area (Å²) in [4.78, 5) is 12.1. The predicted octanol–water partition coefficient (Wildman–Crippen LogP) is 1.74. The highest BCUT2D eigenvalue weighted by molar-refractivity contribution is 5.77. The van der Waals surface area contributed by atoms with Crippen molar-refractivity contribution in [2.24, 2.45) is 5.92 Å². The van der Waals surface area contributed by atoms with Gasteiger partial charge in [0.2, 0.25) is 0 Å². The molecule has 0 aliphatic rings. The average Bonchev–Trinajstić information content (AvgIpc) is 2.72. The number of fused-ring (bicyclic) bond motifs is 1. The summed E-state index contributed by atoms with van der Waals surface area (Å²) in [6.07, 6.45) is 0. The minimum atomic E-state index is -0.454. The van der Waals surface area contributed by atoms with Crippen LogP contribution in [0.5, 0.6) is 0 Å². The standard InChI is InChI=1S/C13H18N4O2/c1-5-19-13(18)11(8(2)3)12-15-14-10-7-6-9(4)16-17(10)12/h6-8,11H,5H2,1-4H3. The van der Waals surface area contributed by atoms with Crippen molar-refractivity contribution in [2.45, 2.75) is 33.6 Å². The van der Waals surface area contributed by atoms with Gasteiger partial charge < -0.3 is 4.74 Å². The van der Waals surface area contributed by atoms with E-state index < -0.39 is 5.92 Å². The van der Waals surface area contributed by atoms with Gasteiger partial charge in [-0.15, -0.1) is 10.2 Å². The first-order valence-electron chi connectivity index (χ1n) is 6.40. The monoisotopic (exact) mass is 262 g/mol. The number of rotatable bonds is 4. The Bertz CT molecular complexity index is 591. The molecule has 0 aliphatic heterocycles. The van der Waals surface area contributed by atoms with Gasteiger partial charge in [0.25, 0.3) is 0 Å². The quantitative estimate of drug-likeness (QED) is 0.785. The summed E-state index contributed by atoms with van der Waals surface area (Å²) in [5.41, 5.74) is 1.48. The Kier molecular flexibility index (Phi) is 3.78. The lowest BCUT2D eigenvalue weighted by molar-refractivity contribution is -0.146. The molecule has 2 rings (SSSR count). The first kappa shape index (κ1) is 13.5. The minimum absolute atomic E-state index is 0.0637. The van der Waals surface area contributed by atoms with Crippen LogP contribution in [-0.2, 0) is 9.53 Å². The zero-order valence-electron chi connectivity index (χ0n) is 11.6.